The lowest BCUT2D eigenvalue weighted by Crippen LogP contribution is -2.41. The molecule has 0 aliphatic carbocycles. The molecule has 0 radical (unpaired) electrons. The molecule has 1 atom stereocenters. The zero-order chi connectivity index (χ0) is 13.8. The summed E-state index contributed by atoms with van der Waals surface area (Å²) in [5, 5.41) is 14.3. The van der Waals surface area contributed by atoms with Crippen LogP contribution in [0.4, 0.5) is 0 Å². The van der Waals surface area contributed by atoms with E-state index in [9.17, 15) is 5.11 Å². The third-order valence-electron chi connectivity index (χ3n) is 2.72. The lowest BCUT2D eigenvalue weighted by atomic mass is 9.94. The SMILES string of the molecule is CSCC(O)CNC(C)(C)c1cc(Cl)cc(Cl)c1. The fourth-order valence-electron chi connectivity index (χ4n) is 1.64. The van der Waals surface area contributed by atoms with E-state index in [1.54, 1.807) is 17.8 Å². The van der Waals surface area contributed by atoms with E-state index < -0.39 is 0 Å². The maximum absolute atomic E-state index is 9.73. The van der Waals surface area contributed by atoms with Crippen molar-refractivity contribution in [3.05, 3.63) is 33.8 Å². The van der Waals surface area contributed by atoms with Crippen LogP contribution in [-0.4, -0.2) is 29.8 Å². The van der Waals surface area contributed by atoms with Crippen molar-refractivity contribution < 1.29 is 5.11 Å². The number of hydrogen-bond donors (Lipinski definition) is 2. The molecule has 2 nitrogen and oxygen atoms in total. The maximum Gasteiger partial charge on any atom is 0.0755 e. The highest BCUT2D eigenvalue weighted by Gasteiger charge is 2.21. The van der Waals surface area contributed by atoms with Crippen molar-refractivity contribution in [3.8, 4) is 0 Å². The van der Waals surface area contributed by atoms with E-state index in [-0.39, 0.29) is 11.6 Å². The van der Waals surface area contributed by atoms with Gasteiger partial charge >= 0.3 is 0 Å². The lowest BCUT2D eigenvalue weighted by molar-refractivity contribution is 0.181. The molecule has 1 unspecified atom stereocenters. The molecule has 102 valence electrons. The first kappa shape index (κ1) is 16.1. The van der Waals surface area contributed by atoms with Gasteiger partial charge in [-0.15, -0.1) is 0 Å². The molecule has 5 heteroatoms. The van der Waals surface area contributed by atoms with Gasteiger partial charge in [-0.3, -0.25) is 0 Å². The van der Waals surface area contributed by atoms with Crippen LogP contribution in [0.3, 0.4) is 0 Å². The monoisotopic (exact) mass is 307 g/mol. The summed E-state index contributed by atoms with van der Waals surface area (Å²) in [6, 6.07) is 5.49. The predicted molar refractivity (Wildman–Crippen MR) is 81.9 cm³/mol. The second-order valence-electron chi connectivity index (χ2n) is 4.77. The Bertz CT molecular complexity index is 378. The van der Waals surface area contributed by atoms with Gasteiger partial charge in [0, 0.05) is 27.9 Å². The summed E-state index contributed by atoms with van der Waals surface area (Å²) in [5.74, 6) is 0.722. The van der Waals surface area contributed by atoms with Crippen molar-refractivity contribution >= 4 is 35.0 Å². The quantitative estimate of drug-likeness (QED) is 0.843. The number of nitrogens with one attached hydrogen (secondary N) is 1. The van der Waals surface area contributed by atoms with Gasteiger partial charge in [0.1, 0.15) is 0 Å². The van der Waals surface area contributed by atoms with Gasteiger partial charge in [0.15, 0.2) is 0 Å². The second kappa shape index (κ2) is 7.01. The molecule has 0 amide bonds. The summed E-state index contributed by atoms with van der Waals surface area (Å²) in [7, 11) is 0. The average molecular weight is 308 g/mol. The van der Waals surface area contributed by atoms with E-state index >= 15 is 0 Å². The molecular weight excluding hydrogens is 289 g/mol. The Kier molecular flexibility index (Phi) is 6.28. The van der Waals surface area contributed by atoms with Crippen LogP contribution in [-0.2, 0) is 5.54 Å². The standard InChI is InChI=1S/C13H19Cl2NOS/c1-13(2,16-7-12(17)8-18-3)9-4-10(14)6-11(15)5-9/h4-6,12,16-17H,7-8H2,1-3H3. The second-order valence-corrected chi connectivity index (χ2v) is 6.56. The highest BCUT2D eigenvalue weighted by Crippen LogP contribution is 2.27. The first-order valence-electron chi connectivity index (χ1n) is 5.74. The van der Waals surface area contributed by atoms with Crippen molar-refractivity contribution in [2.45, 2.75) is 25.5 Å². The molecule has 0 fully saturated rings. The molecule has 18 heavy (non-hydrogen) atoms. The van der Waals surface area contributed by atoms with Crippen molar-refractivity contribution in [2.75, 3.05) is 18.6 Å². The summed E-state index contributed by atoms with van der Waals surface area (Å²) >= 11 is 13.6. The Labute approximate surface area is 123 Å². The molecule has 0 spiro atoms. The molecule has 0 heterocycles. The molecule has 0 aliphatic rings. The van der Waals surface area contributed by atoms with E-state index in [4.69, 9.17) is 23.2 Å². The zero-order valence-corrected chi connectivity index (χ0v) is 13.2. The van der Waals surface area contributed by atoms with E-state index in [1.165, 1.54) is 0 Å². The fraction of sp³-hybridized carbons (Fsp3) is 0.538. The van der Waals surface area contributed by atoms with Gasteiger partial charge in [0.25, 0.3) is 0 Å². The van der Waals surface area contributed by atoms with Crippen LogP contribution in [0.5, 0.6) is 0 Å². The van der Waals surface area contributed by atoms with Gasteiger partial charge < -0.3 is 10.4 Å². The molecule has 2 N–H and O–H groups in total. The smallest absolute Gasteiger partial charge is 0.0755 e. The number of benzene rings is 1. The van der Waals surface area contributed by atoms with Crippen LogP contribution in [0.2, 0.25) is 10.0 Å². The Hall–Kier alpha value is 0.0700. The van der Waals surface area contributed by atoms with Crippen LogP contribution < -0.4 is 5.32 Å². The largest absolute Gasteiger partial charge is 0.391 e. The zero-order valence-electron chi connectivity index (χ0n) is 10.8. The molecule has 0 aliphatic heterocycles. The average Bonchev–Trinajstić information content (AvgIpc) is 2.26. The molecule has 0 saturated heterocycles. The molecule has 0 bridgehead atoms. The summed E-state index contributed by atoms with van der Waals surface area (Å²) in [6.07, 6.45) is 1.62. The topological polar surface area (TPSA) is 32.3 Å². The lowest BCUT2D eigenvalue weighted by Gasteiger charge is -2.28. The van der Waals surface area contributed by atoms with E-state index in [2.05, 4.69) is 5.32 Å². The number of thioether (sulfide) groups is 1. The van der Waals surface area contributed by atoms with E-state index in [1.807, 2.05) is 32.2 Å². The van der Waals surface area contributed by atoms with Crippen molar-refractivity contribution in [2.24, 2.45) is 0 Å². The molecular formula is C13H19Cl2NOS. The Balaban J connectivity index is 2.73. The van der Waals surface area contributed by atoms with Gasteiger partial charge in [-0.05, 0) is 43.9 Å². The van der Waals surface area contributed by atoms with Crippen LogP contribution in [0.15, 0.2) is 18.2 Å². The summed E-state index contributed by atoms with van der Waals surface area (Å²) in [5.41, 5.74) is 0.727. The minimum absolute atomic E-state index is 0.284. The minimum atomic E-state index is -0.353. The van der Waals surface area contributed by atoms with E-state index in [0.29, 0.717) is 16.6 Å². The van der Waals surface area contributed by atoms with Gasteiger partial charge in [-0.1, -0.05) is 23.2 Å². The first-order valence-corrected chi connectivity index (χ1v) is 7.88. The van der Waals surface area contributed by atoms with Crippen molar-refractivity contribution in [1.29, 1.82) is 0 Å². The number of hydrogen-bond acceptors (Lipinski definition) is 3. The summed E-state index contributed by atoms with van der Waals surface area (Å²) in [4.78, 5) is 0. The van der Waals surface area contributed by atoms with Gasteiger partial charge in [-0.2, -0.15) is 11.8 Å². The van der Waals surface area contributed by atoms with Gasteiger partial charge in [0.2, 0.25) is 0 Å². The first-order chi connectivity index (χ1) is 8.35. The van der Waals surface area contributed by atoms with Crippen molar-refractivity contribution in [3.63, 3.8) is 0 Å². The third kappa shape index (κ3) is 4.98. The van der Waals surface area contributed by atoms with Crippen molar-refractivity contribution in [1.82, 2.24) is 5.32 Å². The number of rotatable bonds is 6. The van der Waals surface area contributed by atoms with Crippen LogP contribution in [0, 0.1) is 0 Å². The fourth-order valence-corrected chi connectivity index (χ4v) is 2.67. The summed E-state index contributed by atoms with van der Waals surface area (Å²) in [6.45, 7) is 4.62. The van der Waals surface area contributed by atoms with Crippen LogP contribution >= 0.6 is 35.0 Å². The number of aliphatic hydroxyl groups excluding tert-OH is 1. The Morgan fingerprint density at radius 1 is 1.28 bits per heavy atom. The highest BCUT2D eigenvalue weighted by atomic mass is 35.5. The molecule has 1 aromatic rings. The van der Waals surface area contributed by atoms with Crippen LogP contribution in [0.1, 0.15) is 19.4 Å². The highest BCUT2D eigenvalue weighted by molar-refractivity contribution is 7.98. The Morgan fingerprint density at radius 2 is 1.83 bits per heavy atom. The minimum Gasteiger partial charge on any atom is -0.391 e. The molecule has 1 aromatic carbocycles. The number of aliphatic hydroxyl groups is 1. The molecule has 0 aromatic heterocycles. The Morgan fingerprint density at radius 3 is 2.33 bits per heavy atom. The normalized spacial score (nSPS) is 13.7. The van der Waals surface area contributed by atoms with Gasteiger partial charge in [0.05, 0.1) is 6.10 Å². The van der Waals surface area contributed by atoms with Crippen LogP contribution in [0.25, 0.3) is 0 Å². The predicted octanol–water partition coefficient (Wildman–Crippen LogP) is 3.54. The molecule has 0 saturated carbocycles. The summed E-state index contributed by atoms with van der Waals surface area (Å²) < 4.78 is 0. The number of halogens is 2. The maximum atomic E-state index is 9.73. The third-order valence-corrected chi connectivity index (χ3v) is 3.88. The van der Waals surface area contributed by atoms with E-state index in [0.717, 1.165) is 11.3 Å². The molecule has 1 rings (SSSR count). The van der Waals surface area contributed by atoms with Gasteiger partial charge in [-0.25, -0.2) is 0 Å².